The maximum absolute atomic E-state index is 12.5. The Morgan fingerprint density at radius 2 is 0.784 bits per heavy atom. The van der Waals surface area contributed by atoms with Gasteiger partial charge in [0.25, 0.3) is 0 Å². The number of methoxy groups -OCH3 is 6. The minimum Gasteiger partial charge on any atom is -0.493 e. The fourth-order valence-corrected chi connectivity index (χ4v) is 6.39. The van der Waals surface area contributed by atoms with Gasteiger partial charge < -0.3 is 37.9 Å². The summed E-state index contributed by atoms with van der Waals surface area (Å²) in [6.07, 6.45) is 4.16. The molecule has 0 atom stereocenters. The van der Waals surface area contributed by atoms with Crippen molar-refractivity contribution in [2.24, 2.45) is 11.8 Å². The Hall–Kier alpha value is -5.28. The molecule has 0 N–H and O–H groups in total. The third kappa shape index (κ3) is 10.4. The first-order valence-corrected chi connectivity index (χ1v) is 16.4. The molecule has 0 saturated heterocycles. The molecule has 2 aliphatic rings. The quantitative estimate of drug-likeness (QED) is 0.133. The van der Waals surface area contributed by atoms with Crippen LogP contribution in [0, 0.1) is 11.8 Å². The summed E-state index contributed by atoms with van der Waals surface area (Å²) in [5.41, 5.74) is 0.0425. The SMILES string of the molecule is COc1cc(C(=O)OOC(=O)OC2CCC(CC3CCC(OC(=O)OOC(=O)c4cc(OC)c(OC)c(OC)c4)CC3)CC2)cc(OC)c1OC. The molecule has 2 saturated carbocycles. The fraction of sp³-hybridized carbons (Fsp3) is 0.543. The fourth-order valence-electron chi connectivity index (χ4n) is 6.39. The van der Waals surface area contributed by atoms with Gasteiger partial charge in [-0.1, -0.05) is 0 Å². The van der Waals surface area contributed by atoms with Crippen molar-refractivity contribution in [3.63, 3.8) is 0 Å². The molecule has 0 unspecified atom stereocenters. The number of carbonyl (C=O) groups excluding carboxylic acids is 4. The van der Waals surface area contributed by atoms with Gasteiger partial charge >= 0.3 is 24.2 Å². The lowest BCUT2D eigenvalue weighted by atomic mass is 9.76. The molecule has 0 heterocycles. The van der Waals surface area contributed by atoms with Crippen molar-refractivity contribution in [1.82, 2.24) is 0 Å². The maximum Gasteiger partial charge on any atom is 0.550 e. The van der Waals surface area contributed by atoms with E-state index in [4.69, 9.17) is 37.9 Å². The van der Waals surface area contributed by atoms with Crippen LogP contribution in [-0.2, 0) is 29.0 Å². The summed E-state index contributed by atoms with van der Waals surface area (Å²) in [7, 11) is 8.48. The van der Waals surface area contributed by atoms with E-state index in [0.717, 1.165) is 32.1 Å². The van der Waals surface area contributed by atoms with Gasteiger partial charge in [-0.2, -0.15) is 9.59 Å². The summed E-state index contributed by atoms with van der Waals surface area (Å²) >= 11 is 0. The molecular formula is C35H44O16. The average molecular weight is 721 g/mol. The predicted octanol–water partition coefficient (Wildman–Crippen LogP) is 6.40. The average Bonchev–Trinajstić information content (AvgIpc) is 3.16. The van der Waals surface area contributed by atoms with Crippen LogP contribution in [0.15, 0.2) is 24.3 Å². The molecule has 0 bridgehead atoms. The van der Waals surface area contributed by atoms with E-state index in [1.807, 2.05) is 0 Å². The van der Waals surface area contributed by atoms with E-state index in [-0.39, 0.29) is 46.3 Å². The third-order valence-corrected chi connectivity index (χ3v) is 8.95. The monoisotopic (exact) mass is 720 g/mol. The van der Waals surface area contributed by atoms with Gasteiger partial charge in [-0.05, 0) is 93.9 Å². The molecule has 0 spiro atoms. The van der Waals surface area contributed by atoms with Crippen molar-refractivity contribution in [2.45, 2.75) is 70.0 Å². The van der Waals surface area contributed by atoms with E-state index in [2.05, 4.69) is 19.6 Å². The Labute approximate surface area is 295 Å². The Bertz CT molecular complexity index is 1350. The lowest BCUT2D eigenvalue weighted by molar-refractivity contribution is -0.208. The van der Waals surface area contributed by atoms with Crippen LogP contribution in [0.1, 0.15) is 78.5 Å². The highest BCUT2D eigenvalue weighted by atomic mass is 17.2. The van der Waals surface area contributed by atoms with Crippen molar-refractivity contribution < 1.29 is 76.6 Å². The molecule has 2 aromatic rings. The molecule has 0 aromatic heterocycles. The zero-order valence-corrected chi connectivity index (χ0v) is 29.5. The van der Waals surface area contributed by atoms with Gasteiger partial charge in [-0.3, -0.25) is 0 Å². The second-order valence-electron chi connectivity index (χ2n) is 12.0. The van der Waals surface area contributed by atoms with E-state index in [1.54, 1.807) is 0 Å². The Kier molecular flexibility index (Phi) is 14.1. The number of rotatable bonds is 12. The van der Waals surface area contributed by atoms with Gasteiger partial charge in [0.2, 0.25) is 11.5 Å². The van der Waals surface area contributed by atoms with Gasteiger partial charge in [-0.25, -0.2) is 29.1 Å². The normalized spacial score (nSPS) is 19.7. The van der Waals surface area contributed by atoms with E-state index >= 15 is 0 Å². The van der Waals surface area contributed by atoms with Crippen LogP contribution < -0.4 is 28.4 Å². The maximum atomic E-state index is 12.5. The molecule has 2 fully saturated rings. The Morgan fingerprint density at radius 3 is 1.06 bits per heavy atom. The third-order valence-electron chi connectivity index (χ3n) is 8.95. The molecule has 280 valence electrons. The van der Waals surface area contributed by atoms with Crippen molar-refractivity contribution in [3.05, 3.63) is 35.4 Å². The van der Waals surface area contributed by atoms with E-state index < -0.39 is 24.2 Å². The van der Waals surface area contributed by atoms with Crippen molar-refractivity contribution in [2.75, 3.05) is 42.7 Å². The molecule has 0 radical (unpaired) electrons. The lowest BCUT2D eigenvalue weighted by Gasteiger charge is -2.33. The summed E-state index contributed by atoms with van der Waals surface area (Å²) in [5.74, 6) is 0.569. The van der Waals surface area contributed by atoms with Crippen molar-refractivity contribution in [3.8, 4) is 34.5 Å². The van der Waals surface area contributed by atoms with Crippen molar-refractivity contribution >= 4 is 24.2 Å². The summed E-state index contributed by atoms with van der Waals surface area (Å²) in [5, 5.41) is 0. The van der Waals surface area contributed by atoms with Gasteiger partial charge in [0.1, 0.15) is 12.2 Å². The molecule has 4 rings (SSSR count). The predicted molar refractivity (Wildman–Crippen MR) is 174 cm³/mol. The van der Waals surface area contributed by atoms with Crippen LogP contribution in [0.3, 0.4) is 0 Å². The topological polar surface area (TPSA) is 179 Å². The lowest BCUT2D eigenvalue weighted by Crippen LogP contribution is -2.28. The van der Waals surface area contributed by atoms with E-state index in [0.29, 0.717) is 49.0 Å². The first-order chi connectivity index (χ1) is 24.6. The standard InChI is InChI=1S/C35H44O16/c1-40-26-16-22(17-27(41-2)30(26)44-5)32(36)48-50-34(38)46-24-11-7-20(8-12-24)15-21-9-13-25(14-10-21)47-35(39)51-49-33(37)23-18-28(42-3)31(45-6)29(19-23)43-4/h16-21,24-25H,7-15H2,1-6H3. The van der Waals surface area contributed by atoms with Crippen LogP contribution in [-0.4, -0.2) is 79.1 Å². The van der Waals surface area contributed by atoms with Gasteiger partial charge in [-0.15, -0.1) is 0 Å². The number of hydrogen-bond acceptors (Lipinski definition) is 16. The second-order valence-corrected chi connectivity index (χ2v) is 12.0. The van der Waals surface area contributed by atoms with E-state index in [1.165, 1.54) is 66.9 Å². The smallest absolute Gasteiger partial charge is 0.493 e. The Balaban J connectivity index is 1.11. The summed E-state index contributed by atoms with van der Waals surface area (Å²) in [6.45, 7) is 0. The van der Waals surface area contributed by atoms with Crippen LogP contribution in [0.5, 0.6) is 34.5 Å². The highest BCUT2D eigenvalue weighted by Crippen LogP contribution is 2.40. The first kappa shape index (κ1) is 38.5. The molecule has 0 amide bonds. The summed E-state index contributed by atoms with van der Waals surface area (Å²) < 4.78 is 42.1. The van der Waals surface area contributed by atoms with Gasteiger partial charge in [0.05, 0.1) is 53.8 Å². The van der Waals surface area contributed by atoms with Gasteiger partial charge in [0, 0.05) is 0 Å². The molecular weight excluding hydrogens is 676 g/mol. The molecule has 2 aliphatic carbocycles. The minimum atomic E-state index is -1.10. The molecule has 51 heavy (non-hydrogen) atoms. The van der Waals surface area contributed by atoms with Crippen LogP contribution in [0.2, 0.25) is 0 Å². The minimum absolute atomic E-state index is 0.0212. The Morgan fingerprint density at radius 1 is 0.471 bits per heavy atom. The second kappa shape index (κ2) is 18.6. The zero-order chi connectivity index (χ0) is 36.9. The number of benzene rings is 2. The highest BCUT2D eigenvalue weighted by molar-refractivity contribution is 5.91. The molecule has 0 aliphatic heterocycles. The zero-order valence-electron chi connectivity index (χ0n) is 29.5. The first-order valence-electron chi connectivity index (χ1n) is 16.4. The number of carbonyl (C=O) groups is 4. The largest absolute Gasteiger partial charge is 0.550 e. The van der Waals surface area contributed by atoms with E-state index in [9.17, 15) is 19.2 Å². The van der Waals surface area contributed by atoms with Crippen molar-refractivity contribution in [1.29, 1.82) is 0 Å². The summed E-state index contributed by atoms with van der Waals surface area (Å²) in [6, 6.07) is 5.48. The number of ether oxygens (including phenoxy) is 8. The highest BCUT2D eigenvalue weighted by Gasteiger charge is 2.31. The molecule has 16 nitrogen and oxygen atoms in total. The summed E-state index contributed by atoms with van der Waals surface area (Å²) in [4.78, 5) is 68.0. The van der Waals surface area contributed by atoms with Gasteiger partial charge in [0.15, 0.2) is 23.0 Å². The molecule has 2 aromatic carbocycles. The van der Waals surface area contributed by atoms with Crippen LogP contribution in [0.25, 0.3) is 0 Å². The van der Waals surface area contributed by atoms with Crippen LogP contribution in [0.4, 0.5) is 9.59 Å². The number of hydrogen-bond donors (Lipinski definition) is 0. The molecule has 16 heteroatoms. The van der Waals surface area contributed by atoms with Crippen LogP contribution >= 0.6 is 0 Å².